The highest BCUT2D eigenvalue weighted by molar-refractivity contribution is 7.88. The first-order valence-electron chi connectivity index (χ1n) is 12.4. The van der Waals surface area contributed by atoms with Crippen molar-refractivity contribution in [3.8, 4) is 5.75 Å². The molecule has 0 saturated heterocycles. The van der Waals surface area contributed by atoms with E-state index in [0.717, 1.165) is 27.3 Å². The lowest BCUT2D eigenvalue weighted by atomic mass is 10.0. The van der Waals surface area contributed by atoms with Crippen LogP contribution in [-0.4, -0.2) is 69.0 Å². The van der Waals surface area contributed by atoms with E-state index < -0.39 is 22.0 Å². The number of hydrogen-bond donors (Lipinski definition) is 1. The lowest BCUT2D eigenvalue weighted by Gasteiger charge is -2.32. The Labute approximate surface area is 225 Å². The summed E-state index contributed by atoms with van der Waals surface area (Å²) in [5.41, 5.74) is 2.77. The number of carbonyl (C=O) groups excluding carboxylic acids is 2. The number of nitrogens with zero attached hydrogens (tertiary/aromatic N) is 2. The highest BCUT2D eigenvalue weighted by Gasteiger charge is 2.31. The molecule has 0 fully saturated rings. The van der Waals surface area contributed by atoms with Crippen LogP contribution in [0.4, 0.5) is 0 Å². The van der Waals surface area contributed by atoms with Crippen molar-refractivity contribution in [1.82, 2.24) is 14.5 Å². The van der Waals surface area contributed by atoms with Crippen molar-refractivity contribution in [2.45, 2.75) is 25.4 Å². The SMILES string of the molecule is COc1ccc(CN(C(=O)CN(C)S(C)(=O)=O)[C@H](Cc2ccccc2)C(=O)NCCc2ccccc2)cc1. The summed E-state index contributed by atoms with van der Waals surface area (Å²) >= 11 is 0. The molecule has 38 heavy (non-hydrogen) atoms. The molecule has 0 spiro atoms. The Kier molecular flexibility index (Phi) is 10.4. The van der Waals surface area contributed by atoms with Gasteiger partial charge in [-0.3, -0.25) is 9.59 Å². The number of hydrogen-bond acceptors (Lipinski definition) is 5. The number of sulfonamides is 1. The van der Waals surface area contributed by atoms with Crippen LogP contribution in [0.5, 0.6) is 5.75 Å². The molecule has 0 aliphatic rings. The Morgan fingerprint density at radius 1 is 0.868 bits per heavy atom. The van der Waals surface area contributed by atoms with Crippen LogP contribution in [0.1, 0.15) is 16.7 Å². The maximum atomic E-state index is 13.6. The molecule has 0 bridgehead atoms. The molecule has 3 rings (SSSR count). The van der Waals surface area contributed by atoms with Crippen molar-refractivity contribution >= 4 is 21.8 Å². The van der Waals surface area contributed by atoms with E-state index in [1.807, 2.05) is 72.8 Å². The zero-order valence-corrected chi connectivity index (χ0v) is 22.9. The summed E-state index contributed by atoms with van der Waals surface area (Å²) in [5.74, 6) is -0.0931. The molecule has 0 heterocycles. The van der Waals surface area contributed by atoms with Gasteiger partial charge in [0, 0.05) is 26.6 Å². The van der Waals surface area contributed by atoms with Gasteiger partial charge in [0.25, 0.3) is 0 Å². The van der Waals surface area contributed by atoms with Gasteiger partial charge in [0.05, 0.1) is 19.9 Å². The summed E-state index contributed by atoms with van der Waals surface area (Å²) in [6.07, 6.45) is 1.97. The maximum absolute atomic E-state index is 13.6. The number of nitrogens with one attached hydrogen (secondary N) is 1. The van der Waals surface area contributed by atoms with Crippen molar-refractivity contribution in [2.24, 2.45) is 0 Å². The van der Waals surface area contributed by atoms with Crippen LogP contribution in [-0.2, 0) is 39.0 Å². The van der Waals surface area contributed by atoms with Gasteiger partial charge in [-0.1, -0.05) is 72.8 Å². The third-order valence-electron chi connectivity index (χ3n) is 6.26. The van der Waals surface area contributed by atoms with Crippen LogP contribution in [0, 0.1) is 0 Å². The van der Waals surface area contributed by atoms with Gasteiger partial charge >= 0.3 is 0 Å². The second-order valence-corrected chi connectivity index (χ2v) is 11.2. The Balaban J connectivity index is 1.90. The molecule has 0 radical (unpaired) electrons. The smallest absolute Gasteiger partial charge is 0.243 e. The fourth-order valence-corrected chi connectivity index (χ4v) is 4.32. The average Bonchev–Trinajstić information content (AvgIpc) is 2.91. The average molecular weight is 538 g/mol. The minimum atomic E-state index is -3.59. The van der Waals surface area contributed by atoms with Gasteiger partial charge < -0.3 is 15.0 Å². The minimum absolute atomic E-state index is 0.129. The lowest BCUT2D eigenvalue weighted by Crippen LogP contribution is -2.53. The first kappa shape index (κ1) is 28.9. The van der Waals surface area contributed by atoms with Crippen molar-refractivity contribution < 1.29 is 22.7 Å². The van der Waals surface area contributed by atoms with E-state index in [2.05, 4.69) is 5.32 Å². The molecule has 1 atom stereocenters. The van der Waals surface area contributed by atoms with Crippen molar-refractivity contribution in [3.63, 3.8) is 0 Å². The molecule has 2 amide bonds. The Hall–Kier alpha value is -3.69. The molecule has 0 aliphatic carbocycles. The van der Waals surface area contributed by atoms with Crippen LogP contribution in [0.2, 0.25) is 0 Å². The number of likely N-dealkylation sites (N-methyl/N-ethyl adjacent to an activating group) is 1. The minimum Gasteiger partial charge on any atom is -0.497 e. The van der Waals surface area contributed by atoms with Gasteiger partial charge in [0.2, 0.25) is 21.8 Å². The molecule has 0 aromatic heterocycles. The summed E-state index contributed by atoms with van der Waals surface area (Å²) in [5, 5.41) is 2.99. The summed E-state index contributed by atoms with van der Waals surface area (Å²) in [6, 6.07) is 25.7. The molecule has 0 saturated carbocycles. The molecule has 8 nitrogen and oxygen atoms in total. The first-order valence-corrected chi connectivity index (χ1v) is 14.2. The van der Waals surface area contributed by atoms with Crippen LogP contribution < -0.4 is 10.1 Å². The topological polar surface area (TPSA) is 96.0 Å². The lowest BCUT2D eigenvalue weighted by molar-refractivity contribution is -0.141. The fourth-order valence-electron chi connectivity index (χ4n) is 3.97. The Morgan fingerprint density at radius 2 is 1.45 bits per heavy atom. The molecule has 3 aromatic carbocycles. The molecule has 202 valence electrons. The third-order valence-corrected chi connectivity index (χ3v) is 7.52. The van der Waals surface area contributed by atoms with E-state index in [1.165, 1.54) is 11.9 Å². The molecule has 3 aromatic rings. The number of ether oxygens (including phenoxy) is 1. The first-order chi connectivity index (χ1) is 18.2. The highest BCUT2D eigenvalue weighted by Crippen LogP contribution is 2.18. The van der Waals surface area contributed by atoms with Gasteiger partial charge in [-0.15, -0.1) is 0 Å². The quantitative estimate of drug-likeness (QED) is 0.362. The number of carbonyl (C=O) groups is 2. The highest BCUT2D eigenvalue weighted by atomic mass is 32.2. The largest absolute Gasteiger partial charge is 0.497 e. The monoisotopic (exact) mass is 537 g/mol. The zero-order valence-electron chi connectivity index (χ0n) is 22.0. The van der Waals surface area contributed by atoms with Gasteiger partial charge in [0.1, 0.15) is 11.8 Å². The van der Waals surface area contributed by atoms with Crippen LogP contribution in [0.15, 0.2) is 84.9 Å². The predicted molar refractivity (Wildman–Crippen MR) is 148 cm³/mol. The summed E-state index contributed by atoms with van der Waals surface area (Å²) in [4.78, 5) is 28.6. The number of amides is 2. The second-order valence-electron chi connectivity index (χ2n) is 9.12. The molecule has 9 heteroatoms. The fraction of sp³-hybridized carbons (Fsp3) is 0.310. The van der Waals surface area contributed by atoms with Crippen LogP contribution >= 0.6 is 0 Å². The van der Waals surface area contributed by atoms with E-state index in [0.29, 0.717) is 18.7 Å². The number of benzene rings is 3. The summed E-state index contributed by atoms with van der Waals surface area (Å²) in [7, 11) is -0.671. The van der Waals surface area contributed by atoms with Crippen LogP contribution in [0.25, 0.3) is 0 Å². The van der Waals surface area contributed by atoms with Gasteiger partial charge in [-0.2, -0.15) is 4.31 Å². The Bertz CT molecular complexity index is 1280. The molecular weight excluding hydrogens is 502 g/mol. The van der Waals surface area contributed by atoms with Crippen molar-refractivity contribution in [1.29, 1.82) is 0 Å². The second kappa shape index (κ2) is 13.7. The van der Waals surface area contributed by atoms with E-state index in [4.69, 9.17) is 4.74 Å². The van der Waals surface area contributed by atoms with Crippen LogP contribution in [0.3, 0.4) is 0 Å². The molecular formula is C29H35N3O5S. The third kappa shape index (κ3) is 8.71. The normalized spacial score (nSPS) is 12.1. The maximum Gasteiger partial charge on any atom is 0.243 e. The molecule has 0 unspecified atom stereocenters. The van der Waals surface area contributed by atoms with E-state index in [9.17, 15) is 18.0 Å². The van der Waals surface area contributed by atoms with Gasteiger partial charge in [-0.25, -0.2) is 8.42 Å². The van der Waals surface area contributed by atoms with Crippen molar-refractivity contribution in [2.75, 3.05) is 33.5 Å². The molecule has 0 aliphatic heterocycles. The standard InChI is InChI=1S/C29H35N3O5S/c1-31(38(3,35)36)22-28(33)32(21-25-14-16-26(37-2)17-15-25)27(20-24-12-8-5-9-13-24)29(34)30-19-18-23-10-6-4-7-11-23/h4-17,27H,18-22H2,1-3H3,(H,30,34)/t27-/m1/s1. The van der Waals surface area contributed by atoms with Crippen molar-refractivity contribution in [3.05, 3.63) is 102 Å². The number of rotatable bonds is 13. The molecule has 1 N–H and O–H groups in total. The Morgan fingerprint density at radius 3 is 2.00 bits per heavy atom. The summed E-state index contributed by atoms with van der Waals surface area (Å²) < 4.78 is 30.3. The summed E-state index contributed by atoms with van der Waals surface area (Å²) in [6.45, 7) is 0.156. The van der Waals surface area contributed by atoms with Gasteiger partial charge in [0.15, 0.2) is 0 Å². The zero-order chi connectivity index (χ0) is 27.5. The van der Waals surface area contributed by atoms with E-state index in [-0.39, 0.29) is 25.4 Å². The number of methoxy groups -OCH3 is 1. The van der Waals surface area contributed by atoms with Gasteiger partial charge in [-0.05, 0) is 35.2 Å². The van der Waals surface area contributed by atoms with E-state index >= 15 is 0 Å². The predicted octanol–water partition coefficient (Wildman–Crippen LogP) is 2.89. The van der Waals surface area contributed by atoms with E-state index in [1.54, 1.807) is 19.2 Å².